The second-order valence-corrected chi connectivity index (χ2v) is 25.0. The van der Waals surface area contributed by atoms with Crippen molar-refractivity contribution in [2.75, 3.05) is 6.61 Å². The van der Waals surface area contributed by atoms with E-state index in [2.05, 4.69) is 72.4 Å². The molecule has 2 atom stereocenters. The van der Waals surface area contributed by atoms with Gasteiger partial charge in [-0.2, -0.15) is 0 Å². The first-order chi connectivity index (χ1) is 13.4. The number of carboxylic acid groups (broad SMARTS) is 1. The van der Waals surface area contributed by atoms with Crippen LogP contribution >= 0.6 is 0 Å². The van der Waals surface area contributed by atoms with Gasteiger partial charge in [0, 0.05) is 6.08 Å². The van der Waals surface area contributed by atoms with Crippen molar-refractivity contribution in [3.63, 3.8) is 0 Å². The van der Waals surface area contributed by atoms with E-state index in [0.717, 1.165) is 29.2 Å². The summed E-state index contributed by atoms with van der Waals surface area (Å²) < 4.78 is 17.0. The molecule has 0 aliphatic heterocycles. The lowest BCUT2D eigenvalue weighted by atomic mass is 10.1. The zero-order valence-corrected chi connectivity index (χ0v) is 25.8. The smallest absolute Gasteiger partial charge is 0.327 e. The van der Waals surface area contributed by atoms with Crippen molar-refractivity contribution >= 4 is 41.2 Å². The molecule has 0 aromatic carbocycles. The van der Waals surface area contributed by atoms with Gasteiger partial charge in [-0.05, 0) is 65.3 Å². The second kappa shape index (κ2) is 14.1. The minimum atomic E-state index is -1.84. The number of carboxylic acids is 1. The highest BCUT2D eigenvalue weighted by Crippen LogP contribution is 2.26. The highest BCUT2D eigenvalue weighted by molar-refractivity contribution is 6.70. The third kappa shape index (κ3) is 19.8. The van der Waals surface area contributed by atoms with Gasteiger partial charge in [0.15, 0.2) is 0 Å². The Bertz CT molecular complexity index is 500. The summed E-state index contributed by atoms with van der Waals surface area (Å²) in [5.41, 5.74) is 0. The number of hydrogen-bond donors (Lipinski definition) is 1. The molecule has 0 aromatic rings. The summed E-state index contributed by atoms with van der Waals surface area (Å²) >= 11 is 0. The largest absolute Gasteiger partial charge is 0.478 e. The van der Waals surface area contributed by atoms with Crippen LogP contribution in [0.3, 0.4) is 0 Å². The number of carbonyl (C=O) groups is 1. The lowest BCUT2D eigenvalue weighted by Gasteiger charge is -2.38. The summed E-state index contributed by atoms with van der Waals surface area (Å²) in [6.07, 6.45) is 2.22. The van der Waals surface area contributed by atoms with Gasteiger partial charge < -0.3 is 5.11 Å². The van der Waals surface area contributed by atoms with E-state index in [1.54, 1.807) is 0 Å². The first-order valence-corrected chi connectivity index (χ1v) is 21.4. The first kappa shape index (κ1) is 32.0. The van der Waals surface area contributed by atoms with Crippen LogP contribution in [-0.4, -0.2) is 64.2 Å². The molecule has 0 rings (SSSR count). The molecule has 1 N–H and O–H groups in total. The van der Waals surface area contributed by atoms with Gasteiger partial charge in [-0.3, -0.25) is 13.7 Å². The molecule has 0 amide bonds. The third-order valence-corrected chi connectivity index (χ3v) is 6.13. The Labute approximate surface area is 188 Å². The van der Waals surface area contributed by atoms with Crippen LogP contribution in [0.25, 0.3) is 0 Å². The maximum atomic E-state index is 9.25. The SMILES string of the molecule is C=CC(=O)O.CCCC([SiH3])(OO[Si](C)(C)C)C(COO[Si](C)(C)C)OO[Si](C)(C)C. The molecule has 0 spiro atoms. The Morgan fingerprint density at radius 1 is 1.00 bits per heavy atom. The molecule has 0 fully saturated rings. The van der Waals surface area contributed by atoms with Crippen molar-refractivity contribution in [3.8, 4) is 0 Å². The summed E-state index contributed by atoms with van der Waals surface area (Å²) in [4.78, 5) is 26.5. The molecule has 0 aliphatic rings. The van der Waals surface area contributed by atoms with Crippen molar-refractivity contribution in [2.24, 2.45) is 0 Å². The monoisotopic (exact) mass is 500 g/mol. The summed E-state index contributed by atoms with van der Waals surface area (Å²) in [5.74, 6) is -0.981. The molecule has 2 unspecified atom stereocenters. The summed E-state index contributed by atoms with van der Waals surface area (Å²) in [7, 11) is -4.71. The minimum Gasteiger partial charge on any atom is -0.478 e. The molecule has 0 saturated heterocycles. The maximum absolute atomic E-state index is 9.25. The molecule has 0 radical (unpaired) electrons. The van der Waals surface area contributed by atoms with Gasteiger partial charge in [0.2, 0.25) is 25.0 Å². The van der Waals surface area contributed by atoms with Crippen molar-refractivity contribution in [1.29, 1.82) is 0 Å². The molecule has 8 nitrogen and oxygen atoms in total. The maximum Gasteiger partial charge on any atom is 0.327 e. The average Bonchev–Trinajstić information content (AvgIpc) is 2.54. The van der Waals surface area contributed by atoms with Gasteiger partial charge in [-0.15, -0.1) is 0 Å². The Balaban J connectivity index is 0. The fourth-order valence-electron chi connectivity index (χ4n) is 1.75. The quantitative estimate of drug-likeness (QED) is 0.166. The van der Waals surface area contributed by atoms with E-state index in [1.165, 1.54) is 0 Å². The number of hydrogen-bond acceptors (Lipinski definition) is 7. The van der Waals surface area contributed by atoms with Gasteiger partial charge >= 0.3 is 5.97 Å². The van der Waals surface area contributed by atoms with Gasteiger partial charge in [-0.25, -0.2) is 19.5 Å². The lowest BCUT2D eigenvalue weighted by Crippen LogP contribution is -2.52. The topological polar surface area (TPSA) is 92.7 Å². The van der Waals surface area contributed by atoms with Crippen LogP contribution in [0.5, 0.6) is 0 Å². The lowest BCUT2D eigenvalue weighted by molar-refractivity contribution is -0.370. The second-order valence-electron chi connectivity index (χ2n) is 10.1. The van der Waals surface area contributed by atoms with E-state index in [4.69, 9.17) is 33.5 Å². The van der Waals surface area contributed by atoms with Crippen LogP contribution in [0.15, 0.2) is 12.7 Å². The van der Waals surface area contributed by atoms with Gasteiger partial charge in [0.05, 0.1) is 10.2 Å². The van der Waals surface area contributed by atoms with Crippen molar-refractivity contribution in [1.82, 2.24) is 0 Å². The predicted molar refractivity (Wildman–Crippen MR) is 131 cm³/mol. The van der Waals surface area contributed by atoms with E-state index in [0.29, 0.717) is 0 Å². The van der Waals surface area contributed by atoms with Gasteiger partial charge in [0.1, 0.15) is 17.9 Å². The Morgan fingerprint density at radius 3 is 1.77 bits per heavy atom. The molecule has 30 heavy (non-hydrogen) atoms. The highest BCUT2D eigenvalue weighted by atomic mass is 28.4. The van der Waals surface area contributed by atoms with Crippen LogP contribution < -0.4 is 0 Å². The van der Waals surface area contributed by atoms with Crippen molar-refractivity contribution in [2.45, 2.75) is 90.0 Å². The number of rotatable bonds is 14. The molecule has 0 bridgehead atoms. The zero-order chi connectivity index (χ0) is 24.2. The Kier molecular flexibility index (Phi) is 15.0. The molecule has 180 valence electrons. The number of aliphatic carboxylic acids is 1. The average molecular weight is 501 g/mol. The molecule has 0 aromatic heterocycles. The van der Waals surface area contributed by atoms with E-state index in [1.807, 2.05) is 0 Å². The van der Waals surface area contributed by atoms with Crippen LogP contribution in [0.2, 0.25) is 58.9 Å². The molecule has 0 saturated carbocycles. The highest BCUT2D eigenvalue weighted by Gasteiger charge is 2.41. The van der Waals surface area contributed by atoms with Crippen LogP contribution in [-0.2, 0) is 33.2 Å². The fraction of sp³-hybridized carbons (Fsp3) is 0.833. The van der Waals surface area contributed by atoms with E-state index in [9.17, 15) is 4.79 Å². The standard InChI is InChI=1S/C15H40O6Si4.C3H4O2/c1-11-12-15(22,18-21-25(8,9)10)14(17-20-24(5,6)7)13-16-19-23(2,3)4;1-2-3(4)5/h14H,11-13H2,1-10,22H3;2H,1H2,(H,4,5). The van der Waals surface area contributed by atoms with E-state index >= 15 is 0 Å². The summed E-state index contributed by atoms with van der Waals surface area (Å²) in [6.45, 7) is 24.1. The first-order valence-electron chi connectivity index (χ1n) is 10.2. The fourth-order valence-corrected chi connectivity index (χ4v) is 4.03. The van der Waals surface area contributed by atoms with E-state index < -0.39 is 42.2 Å². The molecule has 0 aliphatic carbocycles. The Hall–Kier alpha value is -0.162. The van der Waals surface area contributed by atoms with Crippen LogP contribution in [0.1, 0.15) is 19.8 Å². The van der Waals surface area contributed by atoms with Crippen molar-refractivity contribution in [3.05, 3.63) is 12.7 Å². The van der Waals surface area contributed by atoms with E-state index in [-0.39, 0.29) is 6.61 Å². The Morgan fingerprint density at radius 2 is 1.43 bits per heavy atom. The summed E-state index contributed by atoms with van der Waals surface area (Å²) in [5, 5.41) is 7.06. The normalized spacial score (nSPS) is 15.7. The van der Waals surface area contributed by atoms with Crippen molar-refractivity contribution < 1.29 is 38.3 Å². The molecular formula is C18H44O8Si4. The predicted octanol–water partition coefficient (Wildman–Crippen LogP) is 3.82. The van der Waals surface area contributed by atoms with Crippen LogP contribution in [0, 0.1) is 0 Å². The third-order valence-electron chi connectivity index (χ3n) is 3.03. The molecule has 12 heteroatoms. The summed E-state index contributed by atoms with van der Waals surface area (Å²) in [6, 6.07) is 0. The molecule has 0 heterocycles. The molecular weight excluding hydrogens is 457 g/mol. The van der Waals surface area contributed by atoms with Gasteiger partial charge in [0.25, 0.3) is 0 Å². The van der Waals surface area contributed by atoms with Crippen LogP contribution in [0.4, 0.5) is 0 Å². The zero-order valence-electron chi connectivity index (χ0n) is 20.8. The minimum absolute atomic E-state index is 0.257. The van der Waals surface area contributed by atoms with Gasteiger partial charge in [-0.1, -0.05) is 19.9 Å².